The summed E-state index contributed by atoms with van der Waals surface area (Å²) in [6, 6.07) is 10.9. The number of hydrogen-bond donors (Lipinski definition) is 1. The Morgan fingerprint density at radius 2 is 1.55 bits per heavy atom. The SMILES string of the molecule is Cc1cc(C)c(CC(N)c2ccc(Br)c(C)c2)c(C)c1. The van der Waals surface area contributed by atoms with Crippen LogP contribution in [0, 0.1) is 27.7 Å². The number of benzene rings is 2. The van der Waals surface area contributed by atoms with E-state index in [9.17, 15) is 0 Å². The topological polar surface area (TPSA) is 26.0 Å². The van der Waals surface area contributed by atoms with Crippen molar-refractivity contribution in [2.45, 2.75) is 40.2 Å². The average Bonchev–Trinajstić information content (AvgIpc) is 2.36. The number of halogens is 1. The van der Waals surface area contributed by atoms with Crippen LogP contribution >= 0.6 is 15.9 Å². The van der Waals surface area contributed by atoms with Crippen molar-refractivity contribution in [2.75, 3.05) is 0 Å². The number of nitrogens with two attached hydrogens (primary N) is 1. The lowest BCUT2D eigenvalue weighted by Gasteiger charge is -2.17. The highest BCUT2D eigenvalue weighted by atomic mass is 79.9. The van der Waals surface area contributed by atoms with E-state index < -0.39 is 0 Å². The summed E-state index contributed by atoms with van der Waals surface area (Å²) in [7, 11) is 0. The number of rotatable bonds is 3. The highest BCUT2D eigenvalue weighted by Gasteiger charge is 2.12. The number of hydrogen-bond acceptors (Lipinski definition) is 1. The number of aryl methyl sites for hydroxylation is 4. The molecule has 106 valence electrons. The van der Waals surface area contributed by atoms with Gasteiger partial charge in [-0.2, -0.15) is 0 Å². The molecule has 0 radical (unpaired) electrons. The molecule has 0 bridgehead atoms. The summed E-state index contributed by atoms with van der Waals surface area (Å²) >= 11 is 3.54. The summed E-state index contributed by atoms with van der Waals surface area (Å²) in [5.41, 5.74) is 14.2. The van der Waals surface area contributed by atoms with Gasteiger partial charge in [0.15, 0.2) is 0 Å². The smallest absolute Gasteiger partial charge is 0.0336 e. The van der Waals surface area contributed by atoms with E-state index >= 15 is 0 Å². The zero-order valence-corrected chi connectivity index (χ0v) is 14.2. The molecule has 0 saturated heterocycles. The molecule has 0 spiro atoms. The molecule has 2 aromatic rings. The van der Waals surface area contributed by atoms with E-state index in [1.807, 2.05) is 0 Å². The van der Waals surface area contributed by atoms with Crippen LogP contribution in [0.1, 0.15) is 39.4 Å². The first-order valence-corrected chi connectivity index (χ1v) is 7.76. The Hall–Kier alpha value is -1.12. The van der Waals surface area contributed by atoms with Crippen molar-refractivity contribution in [3.8, 4) is 0 Å². The van der Waals surface area contributed by atoms with E-state index in [1.54, 1.807) is 0 Å². The van der Waals surface area contributed by atoms with Gasteiger partial charge in [-0.1, -0.05) is 45.8 Å². The molecule has 2 N–H and O–H groups in total. The van der Waals surface area contributed by atoms with Gasteiger partial charge < -0.3 is 5.73 Å². The lowest BCUT2D eigenvalue weighted by Crippen LogP contribution is -2.15. The Morgan fingerprint density at radius 1 is 0.950 bits per heavy atom. The predicted molar refractivity (Wildman–Crippen MR) is 90.2 cm³/mol. The molecule has 0 aliphatic rings. The lowest BCUT2D eigenvalue weighted by molar-refractivity contribution is 0.714. The largest absolute Gasteiger partial charge is 0.324 e. The van der Waals surface area contributed by atoms with Crippen LogP contribution in [0.4, 0.5) is 0 Å². The van der Waals surface area contributed by atoms with E-state index in [2.05, 4.69) is 74.0 Å². The monoisotopic (exact) mass is 331 g/mol. The zero-order chi connectivity index (χ0) is 14.9. The van der Waals surface area contributed by atoms with E-state index in [0.29, 0.717) is 0 Å². The van der Waals surface area contributed by atoms with Crippen molar-refractivity contribution in [1.82, 2.24) is 0 Å². The van der Waals surface area contributed by atoms with Crippen molar-refractivity contribution in [3.05, 3.63) is 68.2 Å². The molecule has 0 aromatic heterocycles. The van der Waals surface area contributed by atoms with Gasteiger partial charge in [0.2, 0.25) is 0 Å². The fraction of sp³-hybridized carbons (Fsp3) is 0.333. The zero-order valence-electron chi connectivity index (χ0n) is 12.6. The molecule has 2 aromatic carbocycles. The van der Waals surface area contributed by atoms with Crippen LogP contribution in [0.3, 0.4) is 0 Å². The van der Waals surface area contributed by atoms with Gasteiger partial charge in [0.1, 0.15) is 0 Å². The van der Waals surface area contributed by atoms with Crippen LogP contribution in [-0.4, -0.2) is 0 Å². The molecule has 1 unspecified atom stereocenters. The molecule has 1 atom stereocenters. The Kier molecular flexibility index (Phi) is 4.66. The van der Waals surface area contributed by atoms with Gasteiger partial charge in [-0.3, -0.25) is 0 Å². The predicted octanol–water partition coefficient (Wildman–Crippen LogP) is 4.93. The lowest BCUT2D eigenvalue weighted by atomic mass is 9.92. The normalized spacial score (nSPS) is 12.5. The Morgan fingerprint density at radius 3 is 2.10 bits per heavy atom. The summed E-state index contributed by atoms with van der Waals surface area (Å²) in [6.07, 6.45) is 0.888. The first kappa shape index (κ1) is 15.3. The average molecular weight is 332 g/mol. The van der Waals surface area contributed by atoms with Gasteiger partial charge in [-0.05, 0) is 68.0 Å². The third-order valence-corrected chi connectivity index (χ3v) is 4.76. The third-order valence-electron chi connectivity index (χ3n) is 3.87. The highest BCUT2D eigenvalue weighted by molar-refractivity contribution is 9.10. The summed E-state index contributed by atoms with van der Waals surface area (Å²) in [5.74, 6) is 0. The second-order valence-corrected chi connectivity index (χ2v) is 6.55. The second-order valence-electron chi connectivity index (χ2n) is 5.70. The summed E-state index contributed by atoms with van der Waals surface area (Å²) in [4.78, 5) is 0. The minimum atomic E-state index is 0.0434. The molecule has 20 heavy (non-hydrogen) atoms. The van der Waals surface area contributed by atoms with Gasteiger partial charge in [-0.15, -0.1) is 0 Å². The fourth-order valence-corrected chi connectivity index (χ4v) is 3.01. The third kappa shape index (κ3) is 3.31. The first-order valence-electron chi connectivity index (χ1n) is 6.97. The maximum Gasteiger partial charge on any atom is 0.0336 e. The van der Waals surface area contributed by atoms with Gasteiger partial charge in [0.05, 0.1) is 0 Å². The maximum absolute atomic E-state index is 6.41. The Bertz CT molecular complexity index is 608. The molecule has 0 heterocycles. The summed E-state index contributed by atoms with van der Waals surface area (Å²) < 4.78 is 1.14. The summed E-state index contributed by atoms with van der Waals surface area (Å²) in [6.45, 7) is 8.59. The van der Waals surface area contributed by atoms with E-state index in [-0.39, 0.29) is 6.04 Å². The van der Waals surface area contributed by atoms with Crippen LogP contribution in [0.15, 0.2) is 34.8 Å². The maximum atomic E-state index is 6.41. The molecule has 1 nitrogen and oxygen atoms in total. The highest BCUT2D eigenvalue weighted by Crippen LogP contribution is 2.25. The molecule has 2 rings (SSSR count). The van der Waals surface area contributed by atoms with Crippen molar-refractivity contribution in [2.24, 2.45) is 5.73 Å². The van der Waals surface area contributed by atoms with Crippen molar-refractivity contribution in [3.63, 3.8) is 0 Å². The van der Waals surface area contributed by atoms with Gasteiger partial charge in [-0.25, -0.2) is 0 Å². The Balaban J connectivity index is 2.27. The van der Waals surface area contributed by atoms with Crippen molar-refractivity contribution >= 4 is 15.9 Å². The minimum Gasteiger partial charge on any atom is -0.324 e. The van der Waals surface area contributed by atoms with Crippen LogP contribution < -0.4 is 5.73 Å². The van der Waals surface area contributed by atoms with E-state index in [4.69, 9.17) is 5.73 Å². The Labute approximate surface area is 130 Å². The quantitative estimate of drug-likeness (QED) is 0.848. The molecule has 0 aliphatic carbocycles. The first-order chi connectivity index (χ1) is 9.38. The minimum absolute atomic E-state index is 0.0434. The van der Waals surface area contributed by atoms with Crippen molar-refractivity contribution < 1.29 is 0 Å². The van der Waals surface area contributed by atoms with Gasteiger partial charge >= 0.3 is 0 Å². The van der Waals surface area contributed by atoms with Crippen LogP contribution in [0.2, 0.25) is 0 Å². The standard InChI is InChI=1S/C18H22BrN/c1-11-7-12(2)16(13(3)8-11)10-18(20)15-5-6-17(19)14(4)9-15/h5-9,18H,10,20H2,1-4H3. The van der Waals surface area contributed by atoms with E-state index in [1.165, 1.54) is 33.4 Å². The summed E-state index contributed by atoms with van der Waals surface area (Å²) in [5, 5.41) is 0. The van der Waals surface area contributed by atoms with Crippen LogP contribution in [0.25, 0.3) is 0 Å². The molecule has 2 heteroatoms. The molecular formula is C18H22BrN. The molecule has 0 amide bonds. The fourth-order valence-electron chi connectivity index (χ4n) is 2.77. The second kappa shape index (κ2) is 6.11. The van der Waals surface area contributed by atoms with E-state index in [0.717, 1.165) is 10.9 Å². The molecule has 0 fully saturated rings. The van der Waals surface area contributed by atoms with Gasteiger partial charge in [0, 0.05) is 10.5 Å². The molecule has 0 saturated carbocycles. The molecule has 0 aliphatic heterocycles. The molecular weight excluding hydrogens is 310 g/mol. The van der Waals surface area contributed by atoms with Crippen LogP contribution in [-0.2, 0) is 6.42 Å². The van der Waals surface area contributed by atoms with Crippen LogP contribution in [0.5, 0.6) is 0 Å². The van der Waals surface area contributed by atoms with Crippen molar-refractivity contribution in [1.29, 1.82) is 0 Å². The van der Waals surface area contributed by atoms with Gasteiger partial charge in [0.25, 0.3) is 0 Å².